The molecule has 1 aliphatic carbocycles. The van der Waals surface area contributed by atoms with E-state index >= 15 is 0 Å². The quantitative estimate of drug-likeness (QED) is 0.407. The number of rotatable bonds is 0. The molecule has 2 nitrogen and oxygen atoms in total. The summed E-state index contributed by atoms with van der Waals surface area (Å²) in [5.41, 5.74) is -0.567. The summed E-state index contributed by atoms with van der Waals surface area (Å²) in [5, 5.41) is 10.5. The Morgan fingerprint density at radius 3 is 2.70 bits per heavy atom. The average Bonchev–Trinajstić information content (AvgIpc) is 1.88. The van der Waals surface area contributed by atoms with Crippen molar-refractivity contribution in [3.8, 4) is 0 Å². The summed E-state index contributed by atoms with van der Waals surface area (Å²) in [6, 6.07) is 0. The van der Waals surface area contributed by atoms with E-state index in [2.05, 4.69) is 5.16 Å². The largest absolute Gasteiger partial charge is 0.410 e. The van der Waals surface area contributed by atoms with Gasteiger partial charge in [-0.15, -0.1) is 0 Å². The van der Waals surface area contributed by atoms with Crippen LogP contribution in [0.2, 0.25) is 0 Å². The molecule has 1 aliphatic rings. The second kappa shape index (κ2) is 2.60. The Bertz CT molecular complexity index is 220. The minimum Gasteiger partial charge on any atom is -0.410 e. The molecule has 0 aliphatic heterocycles. The van der Waals surface area contributed by atoms with E-state index in [-0.39, 0.29) is 0 Å². The van der Waals surface area contributed by atoms with Gasteiger partial charge >= 0.3 is 0 Å². The Balaban J connectivity index is 2.93. The van der Waals surface area contributed by atoms with E-state index in [0.29, 0.717) is 0 Å². The zero-order valence-electron chi connectivity index (χ0n) is 4.96. The monoisotopic (exact) mass is 145 g/mol. The van der Waals surface area contributed by atoms with Crippen molar-refractivity contribution in [3.05, 3.63) is 24.1 Å². The standard InChI is InChI=1S/C6H5F2NO/c7-4-2-1-3-5(8)6(4)9-10/h1-4,10H. The van der Waals surface area contributed by atoms with Gasteiger partial charge in [0.05, 0.1) is 0 Å². The second-order valence-electron chi connectivity index (χ2n) is 1.79. The lowest BCUT2D eigenvalue weighted by molar-refractivity contribution is 0.310. The zero-order chi connectivity index (χ0) is 7.56. The molecule has 0 aromatic heterocycles. The molecular weight excluding hydrogens is 140 g/mol. The summed E-state index contributed by atoms with van der Waals surface area (Å²) in [6.07, 6.45) is 1.73. The topological polar surface area (TPSA) is 32.6 Å². The smallest absolute Gasteiger partial charge is 0.167 e. The lowest BCUT2D eigenvalue weighted by Gasteiger charge is -2.05. The number of nitrogens with zero attached hydrogens (tertiary/aromatic N) is 1. The summed E-state index contributed by atoms with van der Waals surface area (Å²) in [4.78, 5) is 0. The third kappa shape index (κ3) is 1.05. The molecule has 0 saturated heterocycles. The minimum atomic E-state index is -1.63. The first kappa shape index (κ1) is 6.92. The van der Waals surface area contributed by atoms with Crippen LogP contribution in [0.4, 0.5) is 8.78 Å². The van der Waals surface area contributed by atoms with Gasteiger partial charge in [0.25, 0.3) is 0 Å². The first-order valence-corrected chi connectivity index (χ1v) is 2.66. The maximum absolute atomic E-state index is 12.4. The Kier molecular flexibility index (Phi) is 1.80. The van der Waals surface area contributed by atoms with Crippen LogP contribution < -0.4 is 0 Å². The number of allylic oxidation sites excluding steroid dienone is 4. The summed E-state index contributed by atoms with van der Waals surface area (Å²) in [7, 11) is 0. The molecule has 0 aromatic carbocycles. The average molecular weight is 145 g/mol. The third-order valence-electron chi connectivity index (χ3n) is 1.14. The normalized spacial score (nSPS) is 28.8. The number of oxime groups is 1. The van der Waals surface area contributed by atoms with Crippen LogP contribution in [0.1, 0.15) is 0 Å². The first-order chi connectivity index (χ1) is 4.75. The van der Waals surface area contributed by atoms with Gasteiger partial charge in [0, 0.05) is 0 Å². The lowest BCUT2D eigenvalue weighted by Crippen LogP contribution is -2.16. The number of hydrogen-bond donors (Lipinski definition) is 1. The Hall–Kier alpha value is -1.19. The number of halogens is 2. The summed E-state index contributed by atoms with van der Waals surface area (Å²) in [6.45, 7) is 0. The van der Waals surface area contributed by atoms with Gasteiger partial charge in [0.15, 0.2) is 17.7 Å². The van der Waals surface area contributed by atoms with E-state index in [1.807, 2.05) is 0 Å². The van der Waals surface area contributed by atoms with Crippen molar-refractivity contribution in [2.75, 3.05) is 0 Å². The van der Waals surface area contributed by atoms with Gasteiger partial charge in [0.1, 0.15) is 0 Å². The van der Waals surface area contributed by atoms with Gasteiger partial charge in [-0.1, -0.05) is 11.2 Å². The molecular formula is C6H5F2NO. The maximum Gasteiger partial charge on any atom is 0.167 e. The highest BCUT2D eigenvalue weighted by Gasteiger charge is 2.19. The van der Waals surface area contributed by atoms with E-state index < -0.39 is 17.7 Å². The fraction of sp³-hybridized carbons (Fsp3) is 0.167. The van der Waals surface area contributed by atoms with E-state index in [1.54, 1.807) is 0 Å². The molecule has 0 heterocycles. The zero-order valence-corrected chi connectivity index (χ0v) is 4.96. The van der Waals surface area contributed by atoms with Crippen molar-refractivity contribution in [3.63, 3.8) is 0 Å². The van der Waals surface area contributed by atoms with Crippen LogP contribution >= 0.6 is 0 Å². The molecule has 54 valence electrons. The van der Waals surface area contributed by atoms with Crippen molar-refractivity contribution in [2.45, 2.75) is 6.17 Å². The van der Waals surface area contributed by atoms with Crippen LogP contribution in [0.15, 0.2) is 29.2 Å². The molecule has 1 atom stereocenters. The van der Waals surface area contributed by atoms with Crippen LogP contribution in [0.25, 0.3) is 0 Å². The van der Waals surface area contributed by atoms with Gasteiger partial charge < -0.3 is 5.21 Å². The second-order valence-corrected chi connectivity index (χ2v) is 1.79. The van der Waals surface area contributed by atoms with Gasteiger partial charge in [-0.3, -0.25) is 0 Å². The predicted molar refractivity (Wildman–Crippen MR) is 32.4 cm³/mol. The highest BCUT2D eigenvalue weighted by molar-refractivity contribution is 6.03. The van der Waals surface area contributed by atoms with Crippen LogP contribution in [0.5, 0.6) is 0 Å². The molecule has 10 heavy (non-hydrogen) atoms. The Morgan fingerprint density at radius 2 is 2.30 bits per heavy atom. The van der Waals surface area contributed by atoms with E-state index in [0.717, 1.165) is 12.2 Å². The van der Waals surface area contributed by atoms with Crippen molar-refractivity contribution in [2.24, 2.45) is 5.16 Å². The SMILES string of the molecule is ON=C1C(F)=CC=CC1F. The van der Waals surface area contributed by atoms with Crippen molar-refractivity contribution in [1.82, 2.24) is 0 Å². The lowest BCUT2D eigenvalue weighted by atomic mass is 10.1. The highest BCUT2D eigenvalue weighted by Crippen LogP contribution is 2.13. The van der Waals surface area contributed by atoms with E-state index in [4.69, 9.17) is 5.21 Å². The first-order valence-electron chi connectivity index (χ1n) is 2.66. The van der Waals surface area contributed by atoms with Crippen LogP contribution in [-0.2, 0) is 0 Å². The molecule has 0 aromatic rings. The summed E-state index contributed by atoms with van der Waals surface area (Å²) < 4.78 is 24.8. The summed E-state index contributed by atoms with van der Waals surface area (Å²) in [5.74, 6) is -0.836. The Morgan fingerprint density at radius 1 is 1.60 bits per heavy atom. The molecule has 0 saturated carbocycles. The molecule has 0 bridgehead atoms. The molecule has 0 spiro atoms. The number of hydrogen-bond acceptors (Lipinski definition) is 2. The predicted octanol–water partition coefficient (Wildman–Crippen LogP) is 1.58. The van der Waals surface area contributed by atoms with Crippen LogP contribution in [0, 0.1) is 0 Å². The maximum atomic E-state index is 12.4. The third-order valence-corrected chi connectivity index (χ3v) is 1.14. The van der Waals surface area contributed by atoms with Crippen molar-refractivity contribution in [1.29, 1.82) is 0 Å². The van der Waals surface area contributed by atoms with Gasteiger partial charge in [-0.05, 0) is 12.2 Å². The summed E-state index contributed by atoms with van der Waals surface area (Å²) >= 11 is 0. The fourth-order valence-electron chi connectivity index (χ4n) is 0.649. The van der Waals surface area contributed by atoms with Crippen LogP contribution in [0.3, 0.4) is 0 Å². The number of alkyl halides is 1. The molecule has 1 unspecified atom stereocenters. The van der Waals surface area contributed by atoms with Gasteiger partial charge in [0.2, 0.25) is 0 Å². The minimum absolute atomic E-state index is 0.567. The molecule has 1 N–H and O–H groups in total. The van der Waals surface area contributed by atoms with Gasteiger partial charge in [-0.25, -0.2) is 8.78 Å². The van der Waals surface area contributed by atoms with Crippen LogP contribution in [-0.4, -0.2) is 17.1 Å². The molecule has 0 fully saturated rings. The molecule has 0 amide bonds. The highest BCUT2D eigenvalue weighted by atomic mass is 19.1. The van der Waals surface area contributed by atoms with Gasteiger partial charge in [-0.2, -0.15) is 0 Å². The molecule has 0 radical (unpaired) electrons. The molecule has 4 heteroatoms. The van der Waals surface area contributed by atoms with E-state index in [1.165, 1.54) is 6.08 Å². The Labute approximate surface area is 56.2 Å². The van der Waals surface area contributed by atoms with E-state index in [9.17, 15) is 8.78 Å². The van der Waals surface area contributed by atoms with Crippen molar-refractivity contribution >= 4 is 5.71 Å². The molecule has 1 rings (SSSR count). The fourth-order valence-corrected chi connectivity index (χ4v) is 0.649. The van der Waals surface area contributed by atoms with Crippen molar-refractivity contribution < 1.29 is 14.0 Å².